The molecule has 0 saturated heterocycles. The van der Waals surface area contributed by atoms with Crippen LogP contribution >= 0.6 is 0 Å². The SMILES string of the molecule is O=C(CCOCCOCCOCCOCCOCCOCCOCCOCCOCCCNC(=O)OCC1c2ccccc2-c2ccccc21)Oc1c(F)c(F)c(F)c(F)c1F. The summed E-state index contributed by atoms with van der Waals surface area (Å²) >= 11 is 0. The van der Waals surface area contributed by atoms with Gasteiger partial charge in [-0.3, -0.25) is 4.79 Å². The van der Waals surface area contributed by atoms with Crippen molar-refractivity contribution in [2.24, 2.45) is 0 Å². The quantitative estimate of drug-likeness (QED) is 0.0194. The largest absolute Gasteiger partial charge is 0.449 e. The second-order valence-corrected chi connectivity index (χ2v) is 13.2. The van der Waals surface area contributed by atoms with E-state index in [0.29, 0.717) is 105 Å². The molecule has 0 fully saturated rings. The number of carbonyl (C=O) groups is 2. The standard InChI is InChI=1S/C43H54F5NO13/c44-37-38(45)40(47)42(41(48)39(37)46)62-36(50)10-13-53-15-17-55-19-21-57-23-25-59-27-29-60-28-26-58-24-22-56-20-18-54-16-14-52-12-5-11-49-43(51)61-30-35-33-8-3-1-6-31(33)32-7-2-4-9-34(32)35/h1-4,6-9,35H,5,10-30H2,(H,49,51). The van der Waals surface area contributed by atoms with Crippen molar-refractivity contribution in [3.63, 3.8) is 0 Å². The van der Waals surface area contributed by atoms with Crippen molar-refractivity contribution in [1.82, 2.24) is 5.32 Å². The molecule has 3 aromatic carbocycles. The van der Waals surface area contributed by atoms with E-state index in [0.717, 1.165) is 0 Å². The van der Waals surface area contributed by atoms with Crippen molar-refractivity contribution in [2.75, 3.05) is 132 Å². The fraction of sp³-hybridized carbons (Fsp3) is 0.535. The van der Waals surface area contributed by atoms with Crippen molar-refractivity contribution < 1.29 is 83.6 Å². The molecule has 4 rings (SSSR count). The van der Waals surface area contributed by atoms with Gasteiger partial charge < -0.3 is 57.4 Å². The Hall–Kier alpha value is -4.31. The van der Waals surface area contributed by atoms with Crippen molar-refractivity contribution >= 4 is 12.1 Å². The van der Waals surface area contributed by atoms with E-state index in [-0.39, 0.29) is 39.0 Å². The van der Waals surface area contributed by atoms with E-state index in [9.17, 15) is 31.5 Å². The summed E-state index contributed by atoms with van der Waals surface area (Å²) in [4.78, 5) is 24.0. The zero-order chi connectivity index (χ0) is 44.2. The summed E-state index contributed by atoms with van der Waals surface area (Å²) in [5, 5.41) is 2.78. The van der Waals surface area contributed by atoms with Gasteiger partial charge >= 0.3 is 12.1 Å². The van der Waals surface area contributed by atoms with E-state index in [1.54, 1.807) is 0 Å². The van der Waals surface area contributed by atoms with Crippen LogP contribution in [0, 0.1) is 29.1 Å². The molecule has 14 nitrogen and oxygen atoms in total. The summed E-state index contributed by atoms with van der Waals surface area (Å²) in [5.41, 5.74) is 4.73. The van der Waals surface area contributed by atoms with E-state index in [1.807, 2.05) is 24.3 Å². The minimum atomic E-state index is -2.35. The zero-order valence-electron chi connectivity index (χ0n) is 34.4. The number of rotatable bonds is 34. The molecule has 1 aliphatic carbocycles. The molecule has 0 radical (unpaired) electrons. The third kappa shape index (κ3) is 17.8. The van der Waals surface area contributed by atoms with Gasteiger partial charge in [-0.1, -0.05) is 48.5 Å². The van der Waals surface area contributed by atoms with Gasteiger partial charge in [-0.2, -0.15) is 8.78 Å². The van der Waals surface area contributed by atoms with Gasteiger partial charge in [-0.05, 0) is 28.7 Å². The maximum Gasteiger partial charge on any atom is 0.407 e. The third-order valence-electron chi connectivity index (χ3n) is 8.89. The van der Waals surface area contributed by atoms with Crippen LogP contribution in [0.4, 0.5) is 26.7 Å². The summed E-state index contributed by atoms with van der Waals surface area (Å²) < 4.78 is 125. The van der Waals surface area contributed by atoms with Crippen molar-refractivity contribution in [3.8, 4) is 16.9 Å². The van der Waals surface area contributed by atoms with E-state index in [2.05, 4.69) is 34.3 Å². The molecule has 0 atom stereocenters. The van der Waals surface area contributed by atoms with Gasteiger partial charge in [0.25, 0.3) is 0 Å². The Bertz CT molecular complexity index is 1700. The first-order chi connectivity index (χ1) is 30.3. The predicted octanol–water partition coefficient (Wildman–Crippen LogP) is 5.76. The number of hydrogen-bond donors (Lipinski definition) is 1. The van der Waals surface area contributed by atoms with Crippen LogP contribution in [0.3, 0.4) is 0 Å². The van der Waals surface area contributed by atoms with Crippen LogP contribution in [0.2, 0.25) is 0 Å². The predicted molar refractivity (Wildman–Crippen MR) is 212 cm³/mol. The van der Waals surface area contributed by atoms with E-state index in [4.69, 9.17) is 47.4 Å². The lowest BCUT2D eigenvalue weighted by atomic mass is 9.98. The molecule has 3 aromatic rings. The highest BCUT2D eigenvalue weighted by Gasteiger charge is 2.30. The molecule has 0 saturated carbocycles. The molecule has 0 aromatic heterocycles. The molecule has 1 aliphatic rings. The molecule has 19 heteroatoms. The lowest BCUT2D eigenvalue weighted by Gasteiger charge is -2.14. The number of fused-ring (bicyclic) bond motifs is 3. The Morgan fingerprint density at radius 3 is 1.24 bits per heavy atom. The molecule has 344 valence electrons. The first kappa shape index (κ1) is 50.3. The van der Waals surface area contributed by atoms with Crippen molar-refractivity contribution in [3.05, 3.63) is 88.7 Å². The first-order valence-corrected chi connectivity index (χ1v) is 20.3. The highest BCUT2D eigenvalue weighted by Crippen LogP contribution is 2.44. The smallest absolute Gasteiger partial charge is 0.407 e. The molecule has 62 heavy (non-hydrogen) atoms. The maximum absolute atomic E-state index is 13.6. The zero-order valence-corrected chi connectivity index (χ0v) is 34.4. The third-order valence-corrected chi connectivity index (χ3v) is 8.89. The van der Waals surface area contributed by atoms with E-state index >= 15 is 0 Å². The number of nitrogens with one attached hydrogen (secondary N) is 1. The monoisotopic (exact) mass is 887 g/mol. The minimum absolute atomic E-state index is 0.0266. The van der Waals surface area contributed by atoms with Gasteiger partial charge in [-0.15, -0.1) is 0 Å². The maximum atomic E-state index is 13.6. The van der Waals surface area contributed by atoms with Crippen molar-refractivity contribution in [1.29, 1.82) is 0 Å². The lowest BCUT2D eigenvalue weighted by Crippen LogP contribution is -2.27. The molecule has 0 spiro atoms. The van der Waals surface area contributed by atoms with Gasteiger partial charge in [0.2, 0.25) is 34.8 Å². The van der Waals surface area contributed by atoms with Crippen LogP contribution in [0.15, 0.2) is 48.5 Å². The minimum Gasteiger partial charge on any atom is -0.449 e. The number of hydrogen-bond acceptors (Lipinski definition) is 13. The van der Waals surface area contributed by atoms with Crippen molar-refractivity contribution in [2.45, 2.75) is 18.8 Å². The van der Waals surface area contributed by atoms with Crippen LogP contribution in [-0.2, 0) is 52.2 Å². The summed E-state index contributed by atoms with van der Waals surface area (Å²) in [6.45, 7) is 6.74. The van der Waals surface area contributed by atoms with Crippen LogP contribution in [-0.4, -0.2) is 144 Å². The molecule has 0 heterocycles. The molecule has 0 unspecified atom stereocenters. The number of benzene rings is 3. The first-order valence-electron chi connectivity index (χ1n) is 20.3. The van der Waals surface area contributed by atoms with Gasteiger partial charge in [-0.25, -0.2) is 18.0 Å². The average molecular weight is 888 g/mol. The number of carbonyl (C=O) groups excluding carboxylic acids is 2. The summed E-state index contributed by atoms with van der Waals surface area (Å²) in [6, 6.07) is 16.4. The van der Waals surface area contributed by atoms with Gasteiger partial charge in [0, 0.05) is 19.1 Å². The number of esters is 1. The summed E-state index contributed by atoms with van der Waals surface area (Å²) in [5.74, 6) is -14.1. The van der Waals surface area contributed by atoms with Gasteiger partial charge in [0.15, 0.2) is 0 Å². The van der Waals surface area contributed by atoms with E-state index < -0.39 is 53.3 Å². The number of halogens is 5. The van der Waals surface area contributed by atoms with Crippen LogP contribution < -0.4 is 10.1 Å². The lowest BCUT2D eigenvalue weighted by molar-refractivity contribution is -0.136. The Kier molecular flexibility index (Phi) is 24.3. The number of ether oxygens (including phenoxy) is 11. The number of alkyl carbamates (subject to hydrolysis) is 1. The molecule has 1 amide bonds. The Morgan fingerprint density at radius 1 is 0.468 bits per heavy atom. The average Bonchev–Trinajstić information content (AvgIpc) is 3.60. The Balaban J connectivity index is 0.800. The highest BCUT2D eigenvalue weighted by atomic mass is 19.2. The molecular formula is C43H54F5NO13. The topological polar surface area (TPSA) is 148 Å². The summed E-state index contributed by atoms with van der Waals surface area (Å²) in [7, 11) is 0. The van der Waals surface area contributed by atoms with Gasteiger partial charge in [0.1, 0.15) is 6.61 Å². The van der Waals surface area contributed by atoms with Crippen LogP contribution in [0.5, 0.6) is 5.75 Å². The Morgan fingerprint density at radius 2 is 0.823 bits per heavy atom. The Labute approximate surface area is 357 Å². The molecule has 0 bridgehead atoms. The van der Waals surface area contributed by atoms with E-state index in [1.165, 1.54) is 22.3 Å². The second-order valence-electron chi connectivity index (χ2n) is 13.2. The molecular weight excluding hydrogens is 833 g/mol. The highest BCUT2D eigenvalue weighted by molar-refractivity contribution is 5.79. The normalized spacial score (nSPS) is 12.1. The van der Waals surface area contributed by atoms with Gasteiger partial charge in [0.05, 0.1) is 119 Å². The summed E-state index contributed by atoms with van der Waals surface area (Å²) in [6.07, 6.45) is -0.279. The fourth-order valence-electron chi connectivity index (χ4n) is 5.87. The van der Waals surface area contributed by atoms with Crippen LogP contribution in [0.1, 0.15) is 29.9 Å². The molecule has 1 N–H and O–H groups in total. The number of amides is 1. The fourth-order valence-corrected chi connectivity index (χ4v) is 5.87. The molecule has 0 aliphatic heterocycles. The second kappa shape index (κ2) is 29.9. The van der Waals surface area contributed by atoms with Crippen LogP contribution in [0.25, 0.3) is 11.1 Å².